The van der Waals surface area contributed by atoms with Crippen molar-refractivity contribution in [2.45, 2.75) is 277 Å². The first-order valence-corrected chi connectivity index (χ1v) is 27.3. The lowest BCUT2D eigenvalue weighted by atomic mass is 10.0. The molecular weight excluding hydrogens is 793 g/mol. The molecule has 370 valence electrons. The van der Waals surface area contributed by atoms with Gasteiger partial charge in [-0.05, 0) is 70.6 Å². The minimum absolute atomic E-state index is 0.0866. The van der Waals surface area contributed by atoms with Crippen LogP contribution in [0.4, 0.5) is 0 Å². The van der Waals surface area contributed by atoms with Crippen molar-refractivity contribution in [1.82, 2.24) is 0 Å². The molecule has 0 radical (unpaired) electrons. The standard InChI is InChI=1S/C58H102O6/c1-4-7-10-13-16-19-22-25-27-29-30-32-33-36-39-42-45-48-51-57(60)63-54-55(53-62-56(59)50-47-44-41-38-35-24-21-18-15-12-9-6-3)64-58(61)52-49-46-43-40-37-34-31-28-26-23-20-17-14-11-8-5-2/h9,12,18,21-22,25,27,29-30,32,55H,4-8,10-11,13-17,19-20,23-24,26,28,31,33-54H2,1-3H3/b12-9-,21-18-,25-22-,29-27-,32-30-. The average Bonchev–Trinajstić information content (AvgIpc) is 3.29. The maximum atomic E-state index is 12.8. The molecule has 0 saturated carbocycles. The van der Waals surface area contributed by atoms with Crippen molar-refractivity contribution in [3.05, 3.63) is 60.8 Å². The summed E-state index contributed by atoms with van der Waals surface area (Å²) in [5.74, 6) is -0.911. The molecule has 0 heterocycles. The molecule has 0 aromatic rings. The van der Waals surface area contributed by atoms with Crippen molar-refractivity contribution in [3.63, 3.8) is 0 Å². The third-order valence-electron chi connectivity index (χ3n) is 11.8. The molecule has 0 aliphatic heterocycles. The quantitative estimate of drug-likeness (QED) is 0.0199. The predicted octanol–water partition coefficient (Wildman–Crippen LogP) is 18.0. The van der Waals surface area contributed by atoms with Gasteiger partial charge in [0.1, 0.15) is 13.2 Å². The van der Waals surface area contributed by atoms with Crippen LogP contribution in [0.1, 0.15) is 271 Å². The highest BCUT2D eigenvalue weighted by Gasteiger charge is 2.19. The van der Waals surface area contributed by atoms with Gasteiger partial charge in [-0.15, -0.1) is 0 Å². The van der Waals surface area contributed by atoms with E-state index in [9.17, 15) is 14.4 Å². The van der Waals surface area contributed by atoms with E-state index in [2.05, 4.69) is 81.5 Å². The number of ether oxygens (including phenoxy) is 3. The van der Waals surface area contributed by atoms with Crippen molar-refractivity contribution >= 4 is 17.9 Å². The molecule has 0 rings (SSSR count). The molecule has 64 heavy (non-hydrogen) atoms. The van der Waals surface area contributed by atoms with Crippen LogP contribution in [0.3, 0.4) is 0 Å². The number of allylic oxidation sites excluding steroid dienone is 10. The Kier molecular flexibility index (Phi) is 50.4. The zero-order valence-corrected chi connectivity index (χ0v) is 42.3. The highest BCUT2D eigenvalue weighted by molar-refractivity contribution is 5.71. The third kappa shape index (κ3) is 50.1. The number of hydrogen-bond donors (Lipinski definition) is 0. The smallest absolute Gasteiger partial charge is 0.306 e. The molecule has 0 spiro atoms. The summed E-state index contributed by atoms with van der Waals surface area (Å²) in [5, 5.41) is 0. The largest absolute Gasteiger partial charge is 0.462 e. The minimum Gasteiger partial charge on any atom is -0.462 e. The Morgan fingerprint density at radius 3 is 1.06 bits per heavy atom. The summed E-state index contributed by atoms with van der Waals surface area (Å²) in [4.78, 5) is 38.0. The normalized spacial score (nSPS) is 12.5. The van der Waals surface area contributed by atoms with Gasteiger partial charge in [-0.25, -0.2) is 0 Å². The van der Waals surface area contributed by atoms with Crippen molar-refractivity contribution in [2.75, 3.05) is 13.2 Å². The van der Waals surface area contributed by atoms with Gasteiger partial charge >= 0.3 is 17.9 Å². The molecule has 6 heteroatoms. The van der Waals surface area contributed by atoms with Crippen LogP contribution in [-0.4, -0.2) is 37.2 Å². The summed E-state index contributed by atoms with van der Waals surface area (Å²) < 4.78 is 16.8. The van der Waals surface area contributed by atoms with E-state index in [4.69, 9.17) is 14.2 Å². The van der Waals surface area contributed by atoms with Crippen LogP contribution in [0, 0.1) is 0 Å². The minimum atomic E-state index is -0.786. The van der Waals surface area contributed by atoms with Gasteiger partial charge in [-0.2, -0.15) is 0 Å². The highest BCUT2D eigenvalue weighted by Crippen LogP contribution is 2.16. The number of esters is 3. The number of hydrogen-bond acceptors (Lipinski definition) is 6. The first kappa shape index (κ1) is 61.1. The third-order valence-corrected chi connectivity index (χ3v) is 11.8. The molecule has 0 aromatic carbocycles. The summed E-state index contributed by atoms with van der Waals surface area (Å²) in [6.45, 7) is 6.50. The van der Waals surface area contributed by atoms with Crippen LogP contribution in [0.5, 0.6) is 0 Å². The summed E-state index contributed by atoms with van der Waals surface area (Å²) in [7, 11) is 0. The van der Waals surface area contributed by atoms with Crippen LogP contribution >= 0.6 is 0 Å². The lowest BCUT2D eigenvalue weighted by Crippen LogP contribution is -2.30. The Labute approximate surface area is 396 Å². The second-order valence-electron chi connectivity index (χ2n) is 18.2. The van der Waals surface area contributed by atoms with Gasteiger partial charge in [0.15, 0.2) is 6.10 Å². The fraction of sp³-hybridized carbons (Fsp3) is 0.776. The first-order valence-electron chi connectivity index (χ1n) is 27.3. The van der Waals surface area contributed by atoms with Crippen LogP contribution in [0.15, 0.2) is 60.8 Å². The molecule has 0 bridgehead atoms. The first-order chi connectivity index (χ1) is 31.5. The van der Waals surface area contributed by atoms with Crippen LogP contribution in [0.2, 0.25) is 0 Å². The van der Waals surface area contributed by atoms with Gasteiger partial charge in [0.25, 0.3) is 0 Å². The van der Waals surface area contributed by atoms with Crippen LogP contribution in [-0.2, 0) is 28.6 Å². The summed E-state index contributed by atoms with van der Waals surface area (Å²) in [6, 6.07) is 0. The molecule has 1 unspecified atom stereocenters. The predicted molar refractivity (Wildman–Crippen MR) is 275 cm³/mol. The SMILES string of the molecule is CC/C=C\C/C=C\CCCCCCCC(=O)OCC(COC(=O)CCCCCCC\C=C/C=C\C=C/CCCCCCC)OC(=O)CCCCCCCCCCCCCCCCCC. The molecular formula is C58H102O6. The monoisotopic (exact) mass is 895 g/mol. The van der Waals surface area contributed by atoms with Crippen molar-refractivity contribution < 1.29 is 28.6 Å². The van der Waals surface area contributed by atoms with E-state index >= 15 is 0 Å². The second-order valence-corrected chi connectivity index (χ2v) is 18.2. The topological polar surface area (TPSA) is 78.9 Å². The maximum absolute atomic E-state index is 12.8. The van der Waals surface area contributed by atoms with Gasteiger partial charge in [-0.1, -0.05) is 242 Å². The lowest BCUT2D eigenvalue weighted by molar-refractivity contribution is -0.167. The molecule has 0 fully saturated rings. The molecule has 0 aromatic heterocycles. The summed E-state index contributed by atoms with van der Waals surface area (Å²) in [5.41, 5.74) is 0. The maximum Gasteiger partial charge on any atom is 0.306 e. The lowest BCUT2D eigenvalue weighted by Gasteiger charge is -2.18. The van der Waals surface area contributed by atoms with E-state index in [1.165, 1.54) is 122 Å². The Bertz CT molecular complexity index is 1170. The van der Waals surface area contributed by atoms with E-state index < -0.39 is 6.10 Å². The van der Waals surface area contributed by atoms with Gasteiger partial charge in [0.2, 0.25) is 0 Å². The number of rotatable bonds is 49. The zero-order valence-electron chi connectivity index (χ0n) is 42.3. The summed E-state index contributed by atoms with van der Waals surface area (Å²) >= 11 is 0. The van der Waals surface area contributed by atoms with Gasteiger partial charge in [0.05, 0.1) is 0 Å². The molecule has 0 amide bonds. The Morgan fingerprint density at radius 2 is 0.672 bits per heavy atom. The van der Waals surface area contributed by atoms with Crippen molar-refractivity contribution in [3.8, 4) is 0 Å². The average molecular weight is 895 g/mol. The highest BCUT2D eigenvalue weighted by atomic mass is 16.6. The number of unbranched alkanes of at least 4 members (excludes halogenated alkanes) is 30. The summed E-state index contributed by atoms with van der Waals surface area (Å²) in [6.07, 6.45) is 64.9. The number of carbonyl (C=O) groups excluding carboxylic acids is 3. The number of carbonyl (C=O) groups is 3. The fourth-order valence-electron chi connectivity index (χ4n) is 7.72. The van der Waals surface area contributed by atoms with E-state index in [0.29, 0.717) is 19.3 Å². The van der Waals surface area contributed by atoms with E-state index in [1.54, 1.807) is 0 Å². The second kappa shape index (κ2) is 52.7. The van der Waals surface area contributed by atoms with Crippen molar-refractivity contribution in [2.24, 2.45) is 0 Å². The van der Waals surface area contributed by atoms with E-state index in [-0.39, 0.29) is 31.1 Å². The Balaban J connectivity index is 4.40. The molecule has 0 aliphatic carbocycles. The molecule has 0 N–H and O–H groups in total. The molecule has 0 aliphatic rings. The van der Waals surface area contributed by atoms with Gasteiger partial charge in [-0.3, -0.25) is 14.4 Å². The van der Waals surface area contributed by atoms with E-state index in [0.717, 1.165) is 109 Å². The van der Waals surface area contributed by atoms with Gasteiger partial charge < -0.3 is 14.2 Å². The van der Waals surface area contributed by atoms with Gasteiger partial charge in [0, 0.05) is 19.3 Å². The van der Waals surface area contributed by atoms with Crippen LogP contribution in [0.25, 0.3) is 0 Å². The van der Waals surface area contributed by atoms with Crippen LogP contribution < -0.4 is 0 Å². The molecule has 0 saturated heterocycles. The van der Waals surface area contributed by atoms with Crippen molar-refractivity contribution in [1.29, 1.82) is 0 Å². The van der Waals surface area contributed by atoms with E-state index in [1.807, 2.05) is 0 Å². The fourth-order valence-corrected chi connectivity index (χ4v) is 7.72. The molecule has 6 nitrogen and oxygen atoms in total. The Morgan fingerprint density at radius 1 is 0.344 bits per heavy atom. The molecule has 1 atom stereocenters. The Hall–Kier alpha value is -2.89. The zero-order chi connectivity index (χ0) is 46.5.